The molecule has 0 bridgehead atoms. The molecule has 0 radical (unpaired) electrons. The molecule has 1 saturated heterocycles. The van der Waals surface area contributed by atoms with Crippen molar-refractivity contribution in [1.29, 1.82) is 0 Å². The molecule has 0 unspecified atom stereocenters. The Morgan fingerprint density at radius 3 is 2.46 bits per heavy atom. The summed E-state index contributed by atoms with van der Waals surface area (Å²) in [5.41, 5.74) is 5.51. The number of piperidine rings is 1. The molecule has 26 heavy (non-hydrogen) atoms. The number of nitrogens with one attached hydrogen (secondary N) is 2. The van der Waals surface area contributed by atoms with Gasteiger partial charge in [-0.3, -0.25) is 4.90 Å². The molecule has 4 nitrogen and oxygen atoms in total. The number of likely N-dealkylation sites (tertiary alicyclic amines) is 1. The average Bonchev–Trinajstić information content (AvgIpc) is 3.01. The Kier molecular flexibility index (Phi) is 4.76. The largest absolute Gasteiger partial charge is 0.323 e. The Labute approximate surface area is 153 Å². The van der Waals surface area contributed by atoms with Gasteiger partial charge in [-0.05, 0) is 56.0 Å². The van der Waals surface area contributed by atoms with Crippen molar-refractivity contribution in [3.63, 3.8) is 0 Å². The van der Waals surface area contributed by atoms with Crippen LogP contribution in [0.25, 0.3) is 11.3 Å². The van der Waals surface area contributed by atoms with Crippen LogP contribution in [0.5, 0.6) is 0 Å². The number of aromatic amines is 2. The number of rotatable bonds is 4. The molecule has 0 aliphatic carbocycles. The molecule has 0 spiro atoms. The highest BCUT2D eigenvalue weighted by molar-refractivity contribution is 5.62. The first kappa shape index (κ1) is 16.9. The van der Waals surface area contributed by atoms with Crippen molar-refractivity contribution in [1.82, 2.24) is 14.9 Å². The van der Waals surface area contributed by atoms with Crippen LogP contribution in [-0.2, 0) is 6.54 Å². The van der Waals surface area contributed by atoms with E-state index < -0.39 is 0 Å². The zero-order chi connectivity index (χ0) is 17.9. The molecule has 1 aromatic heterocycles. The van der Waals surface area contributed by atoms with Gasteiger partial charge in [0.2, 0.25) is 0 Å². The molecule has 2 aromatic carbocycles. The smallest absolute Gasteiger partial charge is 0.310 e. The second-order valence-electron chi connectivity index (χ2n) is 7.24. The molecular formula is C22H25N3O. The van der Waals surface area contributed by atoms with Crippen molar-refractivity contribution in [2.24, 2.45) is 0 Å². The summed E-state index contributed by atoms with van der Waals surface area (Å²) in [6.07, 6.45) is 2.36. The van der Waals surface area contributed by atoms with Gasteiger partial charge in [0.15, 0.2) is 0 Å². The molecule has 0 atom stereocenters. The molecule has 2 heterocycles. The second kappa shape index (κ2) is 7.34. The second-order valence-corrected chi connectivity index (χ2v) is 7.24. The van der Waals surface area contributed by atoms with Gasteiger partial charge >= 0.3 is 5.69 Å². The number of aromatic nitrogens is 2. The van der Waals surface area contributed by atoms with Crippen molar-refractivity contribution in [3.8, 4) is 11.3 Å². The standard InChI is InChI=1S/C22H25N3O/c1-16-21(24-22(26)23-16)20-9-5-8-19(14-20)18-10-12-25(13-11-18)15-17-6-3-2-4-7-17/h2-9,14,18H,10-13,15H2,1H3,(H2,23,24,26). The highest BCUT2D eigenvalue weighted by atomic mass is 16.1. The van der Waals surface area contributed by atoms with E-state index >= 15 is 0 Å². The number of hydrogen-bond acceptors (Lipinski definition) is 2. The first-order chi connectivity index (χ1) is 12.7. The van der Waals surface area contributed by atoms with E-state index in [0.717, 1.165) is 36.6 Å². The van der Waals surface area contributed by atoms with Crippen LogP contribution in [0.4, 0.5) is 0 Å². The van der Waals surface area contributed by atoms with E-state index in [1.165, 1.54) is 24.0 Å². The van der Waals surface area contributed by atoms with Crippen LogP contribution >= 0.6 is 0 Å². The Balaban J connectivity index is 1.44. The predicted octanol–water partition coefficient (Wildman–Crippen LogP) is 4.06. The minimum Gasteiger partial charge on any atom is -0.310 e. The van der Waals surface area contributed by atoms with Crippen molar-refractivity contribution < 1.29 is 0 Å². The molecule has 0 saturated carbocycles. The Hall–Kier alpha value is -2.59. The van der Waals surface area contributed by atoms with Gasteiger partial charge in [-0.15, -0.1) is 0 Å². The van der Waals surface area contributed by atoms with Gasteiger partial charge < -0.3 is 9.97 Å². The quantitative estimate of drug-likeness (QED) is 0.748. The van der Waals surface area contributed by atoms with Gasteiger partial charge in [0.05, 0.1) is 5.69 Å². The summed E-state index contributed by atoms with van der Waals surface area (Å²) in [6, 6.07) is 19.3. The van der Waals surface area contributed by atoms with Gasteiger partial charge in [0, 0.05) is 17.8 Å². The summed E-state index contributed by atoms with van der Waals surface area (Å²) >= 11 is 0. The summed E-state index contributed by atoms with van der Waals surface area (Å²) < 4.78 is 0. The summed E-state index contributed by atoms with van der Waals surface area (Å²) in [4.78, 5) is 19.8. The Morgan fingerprint density at radius 1 is 1.00 bits per heavy atom. The number of benzene rings is 2. The van der Waals surface area contributed by atoms with Gasteiger partial charge in [-0.2, -0.15) is 0 Å². The van der Waals surface area contributed by atoms with E-state index in [1.54, 1.807) is 0 Å². The lowest BCUT2D eigenvalue weighted by Gasteiger charge is -2.32. The van der Waals surface area contributed by atoms with E-state index in [0.29, 0.717) is 5.92 Å². The maximum Gasteiger partial charge on any atom is 0.323 e. The van der Waals surface area contributed by atoms with Crippen LogP contribution in [0.1, 0.15) is 35.6 Å². The lowest BCUT2D eigenvalue weighted by atomic mass is 9.88. The van der Waals surface area contributed by atoms with Gasteiger partial charge in [-0.25, -0.2) is 4.79 Å². The summed E-state index contributed by atoms with van der Waals surface area (Å²) in [7, 11) is 0. The Bertz CT molecular complexity index is 918. The van der Waals surface area contributed by atoms with Crippen molar-refractivity contribution in [3.05, 3.63) is 81.9 Å². The lowest BCUT2D eigenvalue weighted by Crippen LogP contribution is -2.32. The maximum atomic E-state index is 11.5. The van der Waals surface area contributed by atoms with E-state index in [1.807, 2.05) is 6.92 Å². The average molecular weight is 347 g/mol. The van der Waals surface area contributed by atoms with E-state index in [-0.39, 0.29) is 5.69 Å². The van der Waals surface area contributed by atoms with Gasteiger partial charge in [-0.1, -0.05) is 48.5 Å². The monoisotopic (exact) mass is 347 g/mol. The van der Waals surface area contributed by atoms with Crippen LogP contribution in [-0.4, -0.2) is 28.0 Å². The first-order valence-electron chi connectivity index (χ1n) is 9.34. The Morgan fingerprint density at radius 2 is 1.77 bits per heavy atom. The highest BCUT2D eigenvalue weighted by Crippen LogP contribution is 2.31. The minimum atomic E-state index is -0.142. The zero-order valence-corrected chi connectivity index (χ0v) is 15.2. The third kappa shape index (κ3) is 3.65. The molecule has 1 fully saturated rings. The first-order valence-corrected chi connectivity index (χ1v) is 9.34. The number of imidazole rings is 1. The zero-order valence-electron chi connectivity index (χ0n) is 15.2. The molecular weight excluding hydrogens is 322 g/mol. The highest BCUT2D eigenvalue weighted by Gasteiger charge is 2.21. The van der Waals surface area contributed by atoms with E-state index in [9.17, 15) is 4.79 Å². The minimum absolute atomic E-state index is 0.142. The third-order valence-electron chi connectivity index (χ3n) is 5.40. The van der Waals surface area contributed by atoms with Crippen LogP contribution < -0.4 is 5.69 Å². The van der Waals surface area contributed by atoms with Crippen LogP contribution in [0.2, 0.25) is 0 Å². The molecule has 134 valence electrons. The van der Waals surface area contributed by atoms with Crippen molar-refractivity contribution >= 4 is 0 Å². The molecule has 0 amide bonds. The fraction of sp³-hybridized carbons (Fsp3) is 0.318. The normalized spacial score (nSPS) is 16.0. The summed E-state index contributed by atoms with van der Waals surface area (Å²) in [5.74, 6) is 0.591. The summed E-state index contributed by atoms with van der Waals surface area (Å²) in [5, 5.41) is 0. The maximum absolute atomic E-state index is 11.5. The SMILES string of the molecule is Cc1[nH]c(=O)[nH]c1-c1cccc(C2CCN(Cc3ccccc3)CC2)c1. The third-order valence-corrected chi connectivity index (χ3v) is 5.40. The molecule has 3 aromatic rings. The van der Waals surface area contributed by atoms with E-state index in [4.69, 9.17) is 0 Å². The predicted molar refractivity (Wildman–Crippen MR) is 105 cm³/mol. The van der Waals surface area contributed by atoms with Crippen molar-refractivity contribution in [2.45, 2.75) is 32.2 Å². The van der Waals surface area contributed by atoms with Crippen LogP contribution in [0.15, 0.2) is 59.4 Å². The number of H-pyrrole nitrogens is 2. The fourth-order valence-electron chi connectivity index (χ4n) is 3.97. The summed E-state index contributed by atoms with van der Waals surface area (Å²) in [6.45, 7) is 5.23. The molecule has 1 aliphatic rings. The van der Waals surface area contributed by atoms with Crippen molar-refractivity contribution in [2.75, 3.05) is 13.1 Å². The topological polar surface area (TPSA) is 51.9 Å². The van der Waals surface area contributed by atoms with Gasteiger partial charge in [0.25, 0.3) is 0 Å². The van der Waals surface area contributed by atoms with Gasteiger partial charge in [0.1, 0.15) is 0 Å². The molecule has 4 rings (SSSR count). The molecule has 4 heteroatoms. The van der Waals surface area contributed by atoms with Crippen LogP contribution in [0.3, 0.4) is 0 Å². The number of aryl methyl sites for hydroxylation is 1. The number of nitrogens with zero attached hydrogens (tertiary/aromatic N) is 1. The molecule has 1 aliphatic heterocycles. The van der Waals surface area contributed by atoms with Crippen LogP contribution in [0, 0.1) is 6.92 Å². The van der Waals surface area contributed by atoms with E-state index in [2.05, 4.69) is 69.5 Å². The molecule has 2 N–H and O–H groups in total. The number of hydrogen-bond donors (Lipinski definition) is 2. The fourth-order valence-corrected chi connectivity index (χ4v) is 3.97. The lowest BCUT2D eigenvalue weighted by molar-refractivity contribution is 0.204.